The van der Waals surface area contributed by atoms with E-state index in [-0.39, 0.29) is 12.2 Å². The first-order valence-electron chi connectivity index (χ1n) is 7.89. The number of nitrogens with zero attached hydrogens (tertiary/aromatic N) is 1. The van der Waals surface area contributed by atoms with E-state index in [1.807, 2.05) is 12.1 Å². The zero-order valence-electron chi connectivity index (χ0n) is 13.5. The van der Waals surface area contributed by atoms with Gasteiger partial charge in [0.15, 0.2) is 0 Å². The molecule has 1 aromatic heterocycles. The summed E-state index contributed by atoms with van der Waals surface area (Å²) in [5.74, 6) is -0.355. The summed E-state index contributed by atoms with van der Waals surface area (Å²) in [6, 6.07) is 7.25. The molecule has 6 heteroatoms. The van der Waals surface area contributed by atoms with Gasteiger partial charge in [-0.1, -0.05) is 30.7 Å². The zero-order chi connectivity index (χ0) is 17.3. The highest BCUT2D eigenvalue weighted by Crippen LogP contribution is 2.36. The number of nitrogens with two attached hydrogens (primary N) is 1. The van der Waals surface area contributed by atoms with Crippen molar-refractivity contribution in [2.24, 2.45) is 5.73 Å². The molecule has 2 heterocycles. The third-order valence-corrected chi connectivity index (χ3v) is 5.75. The molecule has 0 radical (unpaired) electrons. The van der Waals surface area contributed by atoms with Gasteiger partial charge in [0.05, 0.1) is 5.56 Å². The summed E-state index contributed by atoms with van der Waals surface area (Å²) in [5, 5.41) is 0.650. The van der Waals surface area contributed by atoms with Crippen LogP contribution < -0.4 is 5.73 Å². The Hall–Kier alpha value is -1.69. The molecule has 0 saturated carbocycles. The number of primary amides is 1. The lowest BCUT2D eigenvalue weighted by Gasteiger charge is -2.12. The molecule has 2 aromatic rings. The summed E-state index contributed by atoms with van der Waals surface area (Å²) in [5.41, 5.74) is 8.09. The number of hydrogen-bond acceptors (Lipinski definition) is 4. The molecule has 1 amide bonds. The van der Waals surface area contributed by atoms with Crippen LogP contribution in [0.1, 0.15) is 38.2 Å². The van der Waals surface area contributed by atoms with Gasteiger partial charge >= 0.3 is 0 Å². The van der Waals surface area contributed by atoms with Gasteiger partial charge in [0.25, 0.3) is 0 Å². The number of rotatable bonds is 6. The van der Waals surface area contributed by atoms with Crippen molar-refractivity contribution in [2.45, 2.75) is 32.9 Å². The van der Waals surface area contributed by atoms with E-state index in [2.05, 4.69) is 11.8 Å². The molecule has 3 rings (SSSR count). The Morgan fingerprint density at radius 1 is 1.21 bits per heavy atom. The van der Waals surface area contributed by atoms with Crippen LogP contribution in [0.4, 0.5) is 0 Å². The second-order valence-electron chi connectivity index (χ2n) is 5.99. The topological polar surface area (TPSA) is 63.4 Å². The Bertz CT molecular complexity index is 783. The Labute approximate surface area is 150 Å². The van der Waals surface area contributed by atoms with E-state index in [1.165, 1.54) is 4.88 Å². The van der Waals surface area contributed by atoms with E-state index < -0.39 is 5.91 Å². The van der Waals surface area contributed by atoms with Crippen molar-refractivity contribution in [3.05, 3.63) is 55.7 Å². The first kappa shape index (κ1) is 17.1. The van der Waals surface area contributed by atoms with Crippen LogP contribution in [-0.4, -0.2) is 23.1 Å². The summed E-state index contributed by atoms with van der Waals surface area (Å²) in [6.45, 7) is 4.61. The molecule has 0 spiro atoms. The van der Waals surface area contributed by atoms with Crippen LogP contribution in [0.3, 0.4) is 0 Å². The van der Waals surface area contributed by atoms with Crippen molar-refractivity contribution in [1.29, 1.82) is 0 Å². The number of amides is 1. The van der Waals surface area contributed by atoms with Gasteiger partial charge in [-0.15, -0.1) is 11.3 Å². The molecule has 0 saturated heterocycles. The van der Waals surface area contributed by atoms with E-state index in [0.717, 1.165) is 35.6 Å². The minimum atomic E-state index is -0.431. The van der Waals surface area contributed by atoms with Gasteiger partial charge in [0, 0.05) is 40.7 Å². The highest BCUT2D eigenvalue weighted by Gasteiger charge is 2.29. The van der Waals surface area contributed by atoms with E-state index >= 15 is 0 Å². The molecule has 0 aliphatic carbocycles. The fraction of sp³-hybridized carbons (Fsp3) is 0.333. The average molecular weight is 363 g/mol. The summed E-state index contributed by atoms with van der Waals surface area (Å²) < 4.78 is 0. The molecule has 4 nitrogen and oxygen atoms in total. The molecular weight excluding hydrogens is 344 g/mol. The number of halogens is 1. The van der Waals surface area contributed by atoms with Crippen LogP contribution in [0.5, 0.6) is 0 Å². The van der Waals surface area contributed by atoms with E-state index in [0.29, 0.717) is 17.0 Å². The molecule has 0 unspecified atom stereocenters. The van der Waals surface area contributed by atoms with Crippen molar-refractivity contribution in [1.82, 2.24) is 4.90 Å². The average Bonchev–Trinajstić information content (AvgIpc) is 3.05. The number of carbonyl (C=O) groups is 2. The summed E-state index contributed by atoms with van der Waals surface area (Å²) in [7, 11) is 0. The van der Waals surface area contributed by atoms with E-state index in [1.54, 1.807) is 23.5 Å². The fourth-order valence-electron chi connectivity index (χ4n) is 3.05. The molecule has 0 bridgehead atoms. The number of hydrogen-bond donors (Lipinski definition) is 1. The van der Waals surface area contributed by atoms with Gasteiger partial charge < -0.3 is 5.73 Å². The second-order valence-corrected chi connectivity index (χ2v) is 7.61. The highest BCUT2D eigenvalue weighted by molar-refractivity contribution is 7.12. The number of benzene rings is 1. The predicted molar refractivity (Wildman–Crippen MR) is 96.5 cm³/mol. The summed E-state index contributed by atoms with van der Waals surface area (Å²) >= 11 is 7.41. The van der Waals surface area contributed by atoms with Crippen LogP contribution in [-0.2, 0) is 30.7 Å². The largest absolute Gasteiger partial charge is 0.366 e. The van der Waals surface area contributed by atoms with Crippen LogP contribution in [0.25, 0.3) is 0 Å². The molecule has 2 N–H and O–H groups in total. The van der Waals surface area contributed by atoms with Gasteiger partial charge in [-0.2, -0.15) is 0 Å². The lowest BCUT2D eigenvalue weighted by Crippen LogP contribution is -2.19. The molecule has 24 heavy (non-hydrogen) atoms. The van der Waals surface area contributed by atoms with Gasteiger partial charge in [0.2, 0.25) is 5.91 Å². The quantitative estimate of drug-likeness (QED) is 0.858. The third-order valence-electron chi connectivity index (χ3n) is 4.28. The predicted octanol–water partition coefficient (Wildman–Crippen LogP) is 3.19. The van der Waals surface area contributed by atoms with Crippen molar-refractivity contribution in [3.8, 4) is 0 Å². The van der Waals surface area contributed by atoms with Crippen LogP contribution in [0.2, 0.25) is 5.02 Å². The van der Waals surface area contributed by atoms with Crippen molar-refractivity contribution in [3.63, 3.8) is 0 Å². The number of carbonyl (C=O) groups excluding carboxylic acids is 2. The maximum absolute atomic E-state index is 12.4. The number of ketones is 1. The maximum Gasteiger partial charge on any atom is 0.250 e. The Morgan fingerprint density at radius 2 is 1.92 bits per heavy atom. The lowest BCUT2D eigenvalue weighted by molar-refractivity contribution is -0.117. The Morgan fingerprint density at radius 3 is 2.54 bits per heavy atom. The zero-order valence-corrected chi connectivity index (χ0v) is 15.0. The summed E-state index contributed by atoms with van der Waals surface area (Å²) in [4.78, 5) is 28.5. The standard InChI is InChI=1S/C18H19ClN2O2S/c1-2-21-9-14-16(10-21)24-15(17(14)18(20)23)8-13(22)7-11-3-5-12(19)6-4-11/h3-6H,2,7-10H2,1H3,(H2,20,23). The molecule has 126 valence electrons. The minimum absolute atomic E-state index is 0.0760. The third kappa shape index (κ3) is 3.53. The van der Waals surface area contributed by atoms with Gasteiger partial charge in [-0.3, -0.25) is 14.5 Å². The number of thiophene rings is 1. The molecule has 1 aromatic carbocycles. The first-order chi connectivity index (χ1) is 11.5. The van der Waals surface area contributed by atoms with Crippen LogP contribution in [0, 0.1) is 0 Å². The highest BCUT2D eigenvalue weighted by atomic mass is 35.5. The molecule has 0 fully saturated rings. The van der Waals surface area contributed by atoms with Gasteiger partial charge in [0.1, 0.15) is 5.78 Å². The van der Waals surface area contributed by atoms with Crippen molar-refractivity contribution in [2.75, 3.05) is 6.54 Å². The second kappa shape index (κ2) is 7.05. The van der Waals surface area contributed by atoms with Crippen molar-refractivity contribution >= 4 is 34.6 Å². The van der Waals surface area contributed by atoms with Crippen LogP contribution in [0.15, 0.2) is 24.3 Å². The SMILES string of the molecule is CCN1Cc2sc(CC(=O)Cc3ccc(Cl)cc3)c(C(N)=O)c2C1. The van der Waals surface area contributed by atoms with Crippen molar-refractivity contribution < 1.29 is 9.59 Å². The first-order valence-corrected chi connectivity index (χ1v) is 9.09. The fourth-order valence-corrected chi connectivity index (χ4v) is 4.57. The molecular formula is C18H19ClN2O2S. The molecule has 0 atom stereocenters. The lowest BCUT2D eigenvalue weighted by atomic mass is 10.0. The van der Waals surface area contributed by atoms with Gasteiger partial charge in [-0.25, -0.2) is 0 Å². The Kier molecular flexibility index (Phi) is 5.04. The maximum atomic E-state index is 12.4. The Balaban J connectivity index is 1.77. The monoisotopic (exact) mass is 362 g/mol. The van der Waals surface area contributed by atoms with E-state index in [9.17, 15) is 9.59 Å². The smallest absolute Gasteiger partial charge is 0.250 e. The van der Waals surface area contributed by atoms with Crippen LogP contribution >= 0.6 is 22.9 Å². The van der Waals surface area contributed by atoms with E-state index in [4.69, 9.17) is 17.3 Å². The minimum Gasteiger partial charge on any atom is -0.366 e. The number of fused-ring (bicyclic) bond motifs is 1. The number of Topliss-reactive ketones (excluding diaryl/α,β-unsaturated/α-hetero) is 1. The summed E-state index contributed by atoms with van der Waals surface area (Å²) in [6.07, 6.45) is 0.587. The van der Waals surface area contributed by atoms with Gasteiger partial charge in [-0.05, 0) is 29.8 Å². The normalized spacial score (nSPS) is 13.9. The molecule has 1 aliphatic heterocycles. The molecule has 1 aliphatic rings.